The Hall–Kier alpha value is -1.17. The van der Waals surface area contributed by atoms with Crippen LogP contribution in [0.15, 0.2) is 16.9 Å². The molecule has 0 N–H and O–H groups in total. The molecular formula is C10H12BrN3O2. The Balaban J connectivity index is 2.36. The zero-order valence-corrected chi connectivity index (χ0v) is 10.3. The molecule has 0 saturated carbocycles. The van der Waals surface area contributed by atoms with Gasteiger partial charge in [0.1, 0.15) is 16.5 Å². The van der Waals surface area contributed by atoms with Crippen molar-refractivity contribution in [1.82, 2.24) is 4.98 Å². The zero-order valence-electron chi connectivity index (χ0n) is 8.73. The quantitative estimate of drug-likeness (QED) is 0.476. The average Bonchev–Trinajstić information content (AvgIpc) is 2.29. The second-order valence-electron chi connectivity index (χ2n) is 3.80. The smallest absolute Gasteiger partial charge is 0.310 e. The minimum absolute atomic E-state index is 0.0881. The van der Waals surface area contributed by atoms with Crippen molar-refractivity contribution in [3.05, 3.63) is 27.0 Å². The summed E-state index contributed by atoms with van der Waals surface area (Å²) in [7, 11) is 0. The summed E-state index contributed by atoms with van der Waals surface area (Å²) >= 11 is 3.25. The fourth-order valence-corrected chi connectivity index (χ4v) is 2.26. The summed E-state index contributed by atoms with van der Waals surface area (Å²) in [6, 6.07) is 1.73. The molecule has 1 aliphatic rings. The molecule has 1 aromatic rings. The topological polar surface area (TPSA) is 59.3 Å². The van der Waals surface area contributed by atoms with Crippen LogP contribution in [0.5, 0.6) is 0 Å². The number of anilines is 1. The fraction of sp³-hybridized carbons (Fsp3) is 0.500. The third-order valence-electron chi connectivity index (χ3n) is 2.72. The van der Waals surface area contributed by atoms with Gasteiger partial charge in [-0.15, -0.1) is 0 Å². The Labute approximate surface area is 102 Å². The number of nitrogens with zero attached hydrogens (tertiary/aromatic N) is 3. The Morgan fingerprint density at radius 1 is 1.38 bits per heavy atom. The van der Waals surface area contributed by atoms with E-state index in [-0.39, 0.29) is 10.6 Å². The first kappa shape index (κ1) is 11.3. The predicted octanol–water partition coefficient (Wildman–Crippen LogP) is 2.74. The molecule has 0 aromatic carbocycles. The standard InChI is InChI=1S/C10H12BrN3O2/c11-10-6-8(9(7-12-10)14(15)16)13-4-2-1-3-5-13/h6-7H,1-5H2. The highest BCUT2D eigenvalue weighted by Gasteiger charge is 2.21. The van der Waals surface area contributed by atoms with Crippen LogP contribution in [0.25, 0.3) is 0 Å². The molecule has 0 unspecified atom stereocenters. The number of halogens is 1. The monoisotopic (exact) mass is 285 g/mol. The lowest BCUT2D eigenvalue weighted by Gasteiger charge is -2.28. The highest BCUT2D eigenvalue weighted by atomic mass is 79.9. The van der Waals surface area contributed by atoms with E-state index in [1.165, 1.54) is 12.6 Å². The van der Waals surface area contributed by atoms with Gasteiger partial charge in [-0.05, 0) is 35.2 Å². The number of piperidine rings is 1. The normalized spacial score (nSPS) is 16.2. The average molecular weight is 286 g/mol. The minimum Gasteiger partial charge on any atom is -0.366 e. The fourth-order valence-electron chi connectivity index (χ4n) is 1.94. The van der Waals surface area contributed by atoms with E-state index in [2.05, 4.69) is 25.8 Å². The van der Waals surface area contributed by atoms with Gasteiger partial charge in [-0.3, -0.25) is 10.1 Å². The van der Waals surface area contributed by atoms with Crippen molar-refractivity contribution in [2.45, 2.75) is 19.3 Å². The molecule has 0 amide bonds. The number of nitro groups is 1. The predicted molar refractivity (Wildman–Crippen MR) is 64.7 cm³/mol. The van der Waals surface area contributed by atoms with E-state index in [1.54, 1.807) is 6.07 Å². The summed E-state index contributed by atoms with van der Waals surface area (Å²) < 4.78 is 0.638. The van der Waals surface area contributed by atoms with Crippen LogP contribution >= 0.6 is 15.9 Å². The second kappa shape index (κ2) is 4.78. The minimum atomic E-state index is -0.372. The van der Waals surface area contributed by atoms with Gasteiger partial charge in [0, 0.05) is 19.2 Å². The van der Waals surface area contributed by atoms with Gasteiger partial charge in [0.15, 0.2) is 0 Å². The summed E-state index contributed by atoms with van der Waals surface area (Å²) in [4.78, 5) is 16.5. The molecule has 0 atom stereocenters. The van der Waals surface area contributed by atoms with E-state index >= 15 is 0 Å². The lowest BCUT2D eigenvalue weighted by molar-refractivity contribution is -0.384. The maximum atomic E-state index is 10.9. The van der Waals surface area contributed by atoms with Gasteiger partial charge in [0.05, 0.1) is 4.92 Å². The largest absolute Gasteiger partial charge is 0.366 e. The molecule has 0 spiro atoms. The van der Waals surface area contributed by atoms with Crippen molar-refractivity contribution in [3.8, 4) is 0 Å². The van der Waals surface area contributed by atoms with Crippen molar-refractivity contribution in [3.63, 3.8) is 0 Å². The second-order valence-corrected chi connectivity index (χ2v) is 4.61. The maximum Gasteiger partial charge on any atom is 0.310 e. The number of hydrogen-bond acceptors (Lipinski definition) is 4. The lowest BCUT2D eigenvalue weighted by Crippen LogP contribution is -2.30. The Morgan fingerprint density at radius 2 is 2.06 bits per heavy atom. The van der Waals surface area contributed by atoms with Gasteiger partial charge in [-0.25, -0.2) is 4.98 Å². The molecule has 0 aliphatic carbocycles. The summed E-state index contributed by atoms with van der Waals surface area (Å²) in [5, 5.41) is 10.9. The van der Waals surface area contributed by atoms with Crippen LogP contribution < -0.4 is 4.90 Å². The molecule has 1 aromatic heterocycles. The molecule has 5 nitrogen and oxygen atoms in total. The van der Waals surface area contributed by atoms with Gasteiger partial charge in [-0.1, -0.05) is 0 Å². The summed E-state index contributed by atoms with van der Waals surface area (Å²) in [5.74, 6) is 0. The molecule has 16 heavy (non-hydrogen) atoms. The summed E-state index contributed by atoms with van der Waals surface area (Å²) in [6.45, 7) is 1.77. The first-order valence-corrected chi connectivity index (χ1v) is 6.02. The number of pyridine rings is 1. The van der Waals surface area contributed by atoms with E-state index in [4.69, 9.17) is 0 Å². The molecule has 2 rings (SSSR count). The van der Waals surface area contributed by atoms with Crippen LogP contribution in [0.4, 0.5) is 11.4 Å². The van der Waals surface area contributed by atoms with E-state index in [0.717, 1.165) is 25.9 Å². The highest BCUT2D eigenvalue weighted by molar-refractivity contribution is 9.10. The van der Waals surface area contributed by atoms with Gasteiger partial charge in [0.2, 0.25) is 0 Å². The summed E-state index contributed by atoms with van der Waals surface area (Å²) in [5.41, 5.74) is 0.761. The third-order valence-corrected chi connectivity index (χ3v) is 3.16. The molecule has 0 radical (unpaired) electrons. The molecule has 0 bridgehead atoms. The van der Waals surface area contributed by atoms with E-state index < -0.39 is 0 Å². The Bertz CT molecular complexity index is 405. The number of rotatable bonds is 2. The number of aromatic nitrogens is 1. The molecule has 6 heteroatoms. The molecule has 2 heterocycles. The van der Waals surface area contributed by atoms with Gasteiger partial charge in [-0.2, -0.15) is 0 Å². The third kappa shape index (κ3) is 2.32. The van der Waals surface area contributed by atoms with Crippen LogP contribution in [0, 0.1) is 10.1 Å². The Morgan fingerprint density at radius 3 is 2.69 bits per heavy atom. The van der Waals surface area contributed by atoms with E-state index in [9.17, 15) is 10.1 Å². The van der Waals surface area contributed by atoms with Crippen LogP contribution in [0.3, 0.4) is 0 Å². The number of hydrogen-bond donors (Lipinski definition) is 0. The Kier molecular flexibility index (Phi) is 3.38. The molecule has 1 saturated heterocycles. The van der Waals surface area contributed by atoms with Gasteiger partial charge in [0.25, 0.3) is 0 Å². The van der Waals surface area contributed by atoms with Crippen molar-refractivity contribution < 1.29 is 4.92 Å². The van der Waals surface area contributed by atoms with E-state index in [1.807, 2.05) is 0 Å². The molecular weight excluding hydrogens is 274 g/mol. The SMILES string of the molecule is O=[N+]([O-])c1cnc(Br)cc1N1CCCCC1. The van der Waals surface area contributed by atoms with Gasteiger partial charge < -0.3 is 4.90 Å². The van der Waals surface area contributed by atoms with Gasteiger partial charge >= 0.3 is 5.69 Å². The zero-order chi connectivity index (χ0) is 11.5. The molecule has 86 valence electrons. The first-order chi connectivity index (χ1) is 7.68. The van der Waals surface area contributed by atoms with Crippen molar-refractivity contribution in [2.75, 3.05) is 18.0 Å². The lowest BCUT2D eigenvalue weighted by atomic mass is 10.1. The van der Waals surface area contributed by atoms with Crippen molar-refractivity contribution in [1.29, 1.82) is 0 Å². The van der Waals surface area contributed by atoms with Crippen LogP contribution in [-0.4, -0.2) is 23.0 Å². The van der Waals surface area contributed by atoms with Crippen molar-refractivity contribution in [2.24, 2.45) is 0 Å². The molecule has 1 aliphatic heterocycles. The molecule has 1 fully saturated rings. The first-order valence-electron chi connectivity index (χ1n) is 5.23. The highest BCUT2D eigenvalue weighted by Crippen LogP contribution is 2.31. The maximum absolute atomic E-state index is 10.9. The van der Waals surface area contributed by atoms with Crippen LogP contribution in [-0.2, 0) is 0 Å². The van der Waals surface area contributed by atoms with Crippen LogP contribution in [0.2, 0.25) is 0 Å². The van der Waals surface area contributed by atoms with Crippen molar-refractivity contribution >= 4 is 27.3 Å². The van der Waals surface area contributed by atoms with E-state index in [0.29, 0.717) is 10.3 Å². The summed E-state index contributed by atoms with van der Waals surface area (Å²) in [6.07, 6.45) is 4.71. The van der Waals surface area contributed by atoms with Crippen LogP contribution in [0.1, 0.15) is 19.3 Å².